The van der Waals surface area contributed by atoms with E-state index in [-0.39, 0.29) is 5.56 Å². The minimum atomic E-state index is -1.06. The third kappa shape index (κ3) is 4.17. The average Bonchev–Trinajstić information content (AvgIpc) is 2.98. The molecule has 2 aromatic carbocycles. The molecular formula is C21H20N2O4. The Bertz CT molecular complexity index is 1110. The monoisotopic (exact) mass is 364 g/mol. The van der Waals surface area contributed by atoms with Crippen LogP contribution in [0, 0.1) is 0 Å². The largest absolute Gasteiger partial charge is 0.481 e. The Morgan fingerprint density at radius 3 is 2.56 bits per heavy atom. The van der Waals surface area contributed by atoms with Gasteiger partial charge in [0, 0.05) is 5.56 Å². The molecule has 0 aliphatic carbocycles. The summed E-state index contributed by atoms with van der Waals surface area (Å²) in [5, 5.41) is 13.2. The maximum atomic E-state index is 13.0. The standard InChI is InChI=1S/C21H20N2O4/c1-2-8-18-17(21(26)23(22-18)16-10-4-3-5-11-16)13-15-9-6-7-12-19(15)27-14-20(24)25/h3-13,22H,2,14H2,1H3,(H,24,25)/b17-13-,18-8+. The summed E-state index contributed by atoms with van der Waals surface area (Å²) >= 11 is 0. The normalized spacial score (nSPS) is 12.3. The van der Waals surface area contributed by atoms with Gasteiger partial charge in [0.25, 0.3) is 5.56 Å². The fourth-order valence-corrected chi connectivity index (χ4v) is 2.75. The summed E-state index contributed by atoms with van der Waals surface area (Å²) in [6, 6.07) is 16.3. The van der Waals surface area contributed by atoms with Crippen LogP contribution in [0.4, 0.5) is 0 Å². The van der Waals surface area contributed by atoms with E-state index in [9.17, 15) is 9.59 Å². The van der Waals surface area contributed by atoms with Crippen LogP contribution in [0.1, 0.15) is 18.9 Å². The molecule has 0 amide bonds. The highest BCUT2D eigenvalue weighted by Gasteiger charge is 2.08. The predicted octanol–water partition coefficient (Wildman–Crippen LogP) is 1.65. The van der Waals surface area contributed by atoms with E-state index >= 15 is 0 Å². The topological polar surface area (TPSA) is 84.3 Å². The van der Waals surface area contributed by atoms with E-state index in [0.717, 1.165) is 12.1 Å². The number of aliphatic carboxylic acids is 1. The van der Waals surface area contributed by atoms with Gasteiger partial charge in [0.15, 0.2) is 6.61 Å². The zero-order chi connectivity index (χ0) is 19.2. The fraction of sp³-hybridized carbons (Fsp3) is 0.143. The highest BCUT2D eigenvalue weighted by atomic mass is 16.5. The van der Waals surface area contributed by atoms with Crippen LogP contribution >= 0.6 is 0 Å². The van der Waals surface area contributed by atoms with E-state index in [1.165, 1.54) is 4.68 Å². The number of ether oxygens (including phenoxy) is 1. The fourth-order valence-electron chi connectivity index (χ4n) is 2.75. The average molecular weight is 364 g/mol. The van der Waals surface area contributed by atoms with Gasteiger partial charge in [0.2, 0.25) is 0 Å². The third-order valence-corrected chi connectivity index (χ3v) is 3.95. The van der Waals surface area contributed by atoms with Crippen molar-refractivity contribution in [3.05, 3.63) is 81.1 Å². The molecule has 0 saturated carbocycles. The van der Waals surface area contributed by atoms with Crippen molar-refractivity contribution in [2.24, 2.45) is 0 Å². The van der Waals surface area contributed by atoms with Crippen LogP contribution in [0.5, 0.6) is 5.75 Å². The van der Waals surface area contributed by atoms with Crippen LogP contribution in [0.2, 0.25) is 0 Å². The van der Waals surface area contributed by atoms with Gasteiger partial charge in [-0.15, -0.1) is 0 Å². The van der Waals surface area contributed by atoms with Gasteiger partial charge in [-0.2, -0.15) is 0 Å². The molecule has 6 heteroatoms. The minimum absolute atomic E-state index is 0.186. The van der Waals surface area contributed by atoms with E-state index in [0.29, 0.717) is 21.9 Å². The first kappa shape index (κ1) is 18.3. The first-order chi connectivity index (χ1) is 13.1. The van der Waals surface area contributed by atoms with Crippen LogP contribution in [-0.2, 0) is 4.79 Å². The molecule has 1 aromatic heterocycles. The zero-order valence-corrected chi connectivity index (χ0v) is 14.9. The van der Waals surface area contributed by atoms with Gasteiger partial charge < -0.3 is 9.84 Å². The van der Waals surface area contributed by atoms with Gasteiger partial charge in [-0.05, 0) is 30.7 Å². The number of hydrogen-bond acceptors (Lipinski definition) is 3. The van der Waals surface area contributed by atoms with Crippen LogP contribution in [0.3, 0.4) is 0 Å². The van der Waals surface area contributed by atoms with Gasteiger partial charge in [-0.25, -0.2) is 9.48 Å². The van der Waals surface area contributed by atoms with Gasteiger partial charge in [-0.3, -0.25) is 9.89 Å². The third-order valence-electron chi connectivity index (χ3n) is 3.95. The lowest BCUT2D eigenvalue weighted by molar-refractivity contribution is -0.139. The number of benzene rings is 2. The first-order valence-corrected chi connectivity index (χ1v) is 8.62. The Morgan fingerprint density at radius 2 is 1.85 bits per heavy atom. The number of carboxylic acid groups (broad SMARTS) is 1. The first-order valence-electron chi connectivity index (χ1n) is 8.62. The number of para-hydroxylation sites is 2. The summed E-state index contributed by atoms with van der Waals surface area (Å²) in [6.45, 7) is 1.55. The molecule has 1 heterocycles. The van der Waals surface area contributed by atoms with E-state index < -0.39 is 12.6 Å². The SMILES string of the molecule is CC/C=c1/[nH]n(-c2ccccc2)c(=O)/c1=C\c1ccccc1OCC(=O)O. The number of nitrogens with zero attached hydrogens (tertiary/aromatic N) is 1. The Balaban J connectivity index is 2.18. The zero-order valence-electron chi connectivity index (χ0n) is 14.9. The Hall–Kier alpha value is -3.54. The van der Waals surface area contributed by atoms with Gasteiger partial charge in [0.05, 0.1) is 16.3 Å². The highest BCUT2D eigenvalue weighted by Crippen LogP contribution is 2.18. The van der Waals surface area contributed by atoms with Crippen molar-refractivity contribution in [1.29, 1.82) is 0 Å². The minimum Gasteiger partial charge on any atom is -0.481 e. The van der Waals surface area contributed by atoms with Crippen LogP contribution < -0.4 is 20.9 Å². The van der Waals surface area contributed by atoms with Crippen molar-refractivity contribution in [1.82, 2.24) is 9.78 Å². The Kier molecular flexibility index (Phi) is 5.56. The van der Waals surface area contributed by atoms with Gasteiger partial charge >= 0.3 is 5.97 Å². The summed E-state index contributed by atoms with van der Waals surface area (Å²) < 4.78 is 6.84. The molecule has 3 aromatic rings. The number of carbonyl (C=O) groups is 1. The van der Waals surface area contributed by atoms with Crippen LogP contribution in [-0.4, -0.2) is 27.5 Å². The molecule has 0 aliphatic heterocycles. The molecule has 3 rings (SSSR count). The summed E-state index contributed by atoms with van der Waals surface area (Å²) in [5.74, 6) is -0.646. The molecule has 0 radical (unpaired) electrons. The van der Waals surface area contributed by atoms with Crippen molar-refractivity contribution in [3.63, 3.8) is 0 Å². The second-order valence-corrected chi connectivity index (χ2v) is 5.89. The molecule has 0 bridgehead atoms. The molecule has 0 spiro atoms. The lowest BCUT2D eigenvalue weighted by Gasteiger charge is -2.06. The van der Waals surface area contributed by atoms with E-state index in [2.05, 4.69) is 5.10 Å². The van der Waals surface area contributed by atoms with Crippen molar-refractivity contribution in [2.45, 2.75) is 13.3 Å². The van der Waals surface area contributed by atoms with Crippen molar-refractivity contribution >= 4 is 18.1 Å². The smallest absolute Gasteiger partial charge is 0.341 e. The molecular weight excluding hydrogens is 344 g/mol. The molecule has 0 aliphatic rings. The van der Waals surface area contributed by atoms with Crippen molar-refractivity contribution in [2.75, 3.05) is 6.61 Å². The van der Waals surface area contributed by atoms with Crippen molar-refractivity contribution in [3.8, 4) is 11.4 Å². The molecule has 0 saturated heterocycles. The van der Waals surface area contributed by atoms with Gasteiger partial charge in [0.1, 0.15) is 5.75 Å². The van der Waals surface area contributed by atoms with Crippen molar-refractivity contribution < 1.29 is 14.6 Å². The molecule has 138 valence electrons. The molecule has 2 N–H and O–H groups in total. The lowest BCUT2D eigenvalue weighted by atomic mass is 10.1. The summed E-state index contributed by atoms with van der Waals surface area (Å²) in [4.78, 5) is 23.8. The number of aromatic nitrogens is 2. The Morgan fingerprint density at radius 1 is 1.15 bits per heavy atom. The molecule has 0 unspecified atom stereocenters. The molecule has 27 heavy (non-hydrogen) atoms. The second-order valence-electron chi connectivity index (χ2n) is 5.89. The number of aromatic amines is 1. The van der Waals surface area contributed by atoms with E-state index in [4.69, 9.17) is 9.84 Å². The van der Waals surface area contributed by atoms with Crippen LogP contribution in [0.25, 0.3) is 17.8 Å². The molecule has 0 fully saturated rings. The second kappa shape index (κ2) is 8.23. The molecule has 6 nitrogen and oxygen atoms in total. The lowest BCUT2D eigenvalue weighted by Crippen LogP contribution is -2.34. The van der Waals surface area contributed by atoms with E-state index in [1.54, 1.807) is 24.3 Å². The van der Waals surface area contributed by atoms with Crippen LogP contribution in [0.15, 0.2) is 59.4 Å². The highest BCUT2D eigenvalue weighted by molar-refractivity contribution is 5.69. The number of carboxylic acids is 1. The quantitative estimate of drug-likeness (QED) is 0.697. The number of rotatable bonds is 6. The number of hydrogen-bond donors (Lipinski definition) is 2. The number of H-pyrrole nitrogens is 1. The summed E-state index contributed by atoms with van der Waals surface area (Å²) in [6.07, 6.45) is 4.41. The summed E-state index contributed by atoms with van der Waals surface area (Å²) in [5.41, 5.74) is 1.19. The van der Waals surface area contributed by atoms with E-state index in [1.807, 2.05) is 49.4 Å². The maximum absolute atomic E-state index is 13.0. The molecule has 0 atom stereocenters. The number of nitrogens with one attached hydrogen (secondary N) is 1. The summed E-state index contributed by atoms with van der Waals surface area (Å²) in [7, 11) is 0. The van der Waals surface area contributed by atoms with Gasteiger partial charge in [-0.1, -0.05) is 49.4 Å². The maximum Gasteiger partial charge on any atom is 0.341 e. The Labute approximate surface area is 155 Å². The predicted molar refractivity (Wildman–Crippen MR) is 104 cm³/mol.